The molecule has 0 bridgehead atoms. The summed E-state index contributed by atoms with van der Waals surface area (Å²) in [4.78, 5) is 27.8. The van der Waals surface area contributed by atoms with Gasteiger partial charge in [-0.1, -0.05) is 25.8 Å². The van der Waals surface area contributed by atoms with Gasteiger partial charge in [0.25, 0.3) is 5.91 Å². The SMILES string of the molecule is C=C1C(C2CC2)=NC(=O)C(NS(=O)(=O)CC2CCCCC2)=C1C(=O)O. The smallest absolute Gasteiger partial charge is 0.338 e. The molecule has 136 valence electrons. The number of dihydropyridines is 1. The molecule has 0 aromatic rings. The van der Waals surface area contributed by atoms with E-state index in [-0.39, 0.29) is 28.7 Å². The maximum Gasteiger partial charge on any atom is 0.338 e. The highest BCUT2D eigenvalue weighted by molar-refractivity contribution is 7.89. The monoisotopic (exact) mass is 366 g/mol. The molecule has 1 aliphatic heterocycles. The van der Waals surface area contributed by atoms with Crippen LogP contribution in [0.25, 0.3) is 0 Å². The fraction of sp³-hybridized carbons (Fsp3) is 0.588. The van der Waals surface area contributed by atoms with Crippen LogP contribution in [0.15, 0.2) is 28.4 Å². The van der Waals surface area contributed by atoms with Crippen molar-refractivity contribution >= 4 is 27.6 Å². The average molecular weight is 366 g/mol. The third-order valence-electron chi connectivity index (χ3n) is 4.91. The van der Waals surface area contributed by atoms with Gasteiger partial charge in [-0.2, -0.15) is 0 Å². The van der Waals surface area contributed by atoms with Crippen LogP contribution >= 0.6 is 0 Å². The largest absolute Gasteiger partial charge is 0.478 e. The van der Waals surface area contributed by atoms with Gasteiger partial charge < -0.3 is 5.11 Å². The molecule has 2 fully saturated rings. The highest BCUT2D eigenvalue weighted by Gasteiger charge is 2.39. The summed E-state index contributed by atoms with van der Waals surface area (Å²) in [5.74, 6) is -2.25. The van der Waals surface area contributed by atoms with Crippen LogP contribution in [-0.2, 0) is 19.6 Å². The van der Waals surface area contributed by atoms with Crippen molar-refractivity contribution in [1.29, 1.82) is 0 Å². The van der Waals surface area contributed by atoms with Crippen molar-refractivity contribution in [2.45, 2.75) is 44.9 Å². The third-order valence-corrected chi connectivity index (χ3v) is 6.34. The van der Waals surface area contributed by atoms with E-state index >= 15 is 0 Å². The molecule has 2 saturated carbocycles. The molecule has 0 spiro atoms. The Hall–Kier alpha value is -1.96. The number of rotatable bonds is 6. The molecule has 0 saturated heterocycles. The van der Waals surface area contributed by atoms with Crippen molar-refractivity contribution in [1.82, 2.24) is 4.72 Å². The van der Waals surface area contributed by atoms with E-state index in [0.29, 0.717) is 5.71 Å². The molecule has 0 atom stereocenters. The van der Waals surface area contributed by atoms with Crippen molar-refractivity contribution in [3.8, 4) is 0 Å². The molecule has 3 rings (SSSR count). The Kier molecular flexibility index (Phi) is 4.81. The van der Waals surface area contributed by atoms with Crippen LogP contribution < -0.4 is 4.72 Å². The van der Waals surface area contributed by atoms with Crippen molar-refractivity contribution in [3.63, 3.8) is 0 Å². The van der Waals surface area contributed by atoms with Crippen LogP contribution in [0.2, 0.25) is 0 Å². The topological polar surface area (TPSA) is 113 Å². The molecule has 8 heteroatoms. The number of carboxylic acids is 1. The van der Waals surface area contributed by atoms with Gasteiger partial charge in [0.2, 0.25) is 10.0 Å². The maximum absolute atomic E-state index is 12.4. The molecule has 0 aromatic carbocycles. The lowest BCUT2D eigenvalue weighted by molar-refractivity contribution is -0.132. The van der Waals surface area contributed by atoms with Crippen molar-refractivity contribution in [2.24, 2.45) is 16.8 Å². The van der Waals surface area contributed by atoms with Crippen molar-refractivity contribution < 1.29 is 23.1 Å². The molecule has 2 aliphatic carbocycles. The van der Waals surface area contributed by atoms with E-state index in [0.717, 1.165) is 44.9 Å². The predicted molar refractivity (Wildman–Crippen MR) is 92.5 cm³/mol. The Bertz CT molecular complexity index is 784. The number of amides is 1. The van der Waals surface area contributed by atoms with Gasteiger partial charge in [-0.15, -0.1) is 0 Å². The van der Waals surface area contributed by atoms with E-state index in [1.807, 2.05) is 0 Å². The first-order valence-corrected chi connectivity index (χ1v) is 10.2. The van der Waals surface area contributed by atoms with Gasteiger partial charge in [0.15, 0.2) is 0 Å². The summed E-state index contributed by atoms with van der Waals surface area (Å²) in [5, 5.41) is 9.47. The summed E-state index contributed by atoms with van der Waals surface area (Å²) in [7, 11) is -3.83. The molecule has 2 N–H and O–H groups in total. The zero-order valence-corrected chi connectivity index (χ0v) is 14.8. The zero-order valence-electron chi connectivity index (χ0n) is 14.0. The highest BCUT2D eigenvalue weighted by Crippen LogP contribution is 2.37. The number of carbonyl (C=O) groups excluding carboxylic acids is 1. The molecule has 3 aliphatic rings. The minimum absolute atomic E-state index is 0.0348. The Balaban J connectivity index is 1.84. The van der Waals surface area contributed by atoms with Crippen LogP contribution in [0.1, 0.15) is 44.9 Å². The lowest BCUT2D eigenvalue weighted by Crippen LogP contribution is -2.37. The number of hydrogen-bond acceptors (Lipinski definition) is 4. The fourth-order valence-corrected chi connectivity index (χ4v) is 5.04. The first kappa shape index (κ1) is 17.8. The molecular formula is C17H22N2O5S. The lowest BCUT2D eigenvalue weighted by atomic mass is 9.91. The molecule has 0 aromatic heterocycles. The van der Waals surface area contributed by atoms with E-state index in [1.165, 1.54) is 0 Å². The first-order valence-electron chi connectivity index (χ1n) is 8.59. The number of aliphatic imine (C=N–C) groups is 1. The summed E-state index contributed by atoms with van der Waals surface area (Å²) in [6.45, 7) is 3.73. The second-order valence-electron chi connectivity index (χ2n) is 7.00. The summed E-state index contributed by atoms with van der Waals surface area (Å²) in [5.41, 5.74) is -0.366. The number of nitrogens with one attached hydrogen (secondary N) is 1. The minimum Gasteiger partial charge on any atom is -0.478 e. The van der Waals surface area contributed by atoms with E-state index in [4.69, 9.17) is 0 Å². The van der Waals surface area contributed by atoms with E-state index in [2.05, 4.69) is 16.3 Å². The molecule has 1 amide bonds. The summed E-state index contributed by atoms with van der Waals surface area (Å²) >= 11 is 0. The Morgan fingerprint density at radius 3 is 2.40 bits per heavy atom. The number of hydrogen-bond donors (Lipinski definition) is 2. The van der Waals surface area contributed by atoms with Crippen LogP contribution in [0, 0.1) is 11.8 Å². The van der Waals surface area contributed by atoms with E-state index in [9.17, 15) is 23.1 Å². The number of carbonyl (C=O) groups is 2. The van der Waals surface area contributed by atoms with Gasteiger partial charge in [0, 0.05) is 11.5 Å². The van der Waals surface area contributed by atoms with Crippen LogP contribution in [0.5, 0.6) is 0 Å². The number of nitrogens with zero attached hydrogens (tertiary/aromatic N) is 1. The number of sulfonamides is 1. The van der Waals surface area contributed by atoms with Crippen LogP contribution in [0.3, 0.4) is 0 Å². The predicted octanol–water partition coefficient (Wildman–Crippen LogP) is 1.77. The normalized spacial score (nSPS) is 22.8. The lowest BCUT2D eigenvalue weighted by Gasteiger charge is -2.23. The zero-order chi connectivity index (χ0) is 18.2. The Labute approximate surface area is 147 Å². The van der Waals surface area contributed by atoms with Crippen molar-refractivity contribution in [3.05, 3.63) is 23.4 Å². The second kappa shape index (κ2) is 6.74. The van der Waals surface area contributed by atoms with Gasteiger partial charge in [0.1, 0.15) is 5.70 Å². The first-order chi connectivity index (χ1) is 11.8. The van der Waals surface area contributed by atoms with E-state index < -0.39 is 27.6 Å². The molecule has 25 heavy (non-hydrogen) atoms. The van der Waals surface area contributed by atoms with Crippen molar-refractivity contribution in [2.75, 3.05) is 5.75 Å². The molecule has 7 nitrogen and oxygen atoms in total. The van der Waals surface area contributed by atoms with Crippen LogP contribution in [0.4, 0.5) is 0 Å². The molecule has 0 unspecified atom stereocenters. The molecule has 1 heterocycles. The average Bonchev–Trinajstić information content (AvgIpc) is 3.35. The number of aliphatic carboxylic acids is 1. The maximum atomic E-state index is 12.4. The quantitative estimate of drug-likeness (QED) is 0.744. The van der Waals surface area contributed by atoms with Gasteiger partial charge in [0.05, 0.1) is 17.0 Å². The summed E-state index contributed by atoms with van der Waals surface area (Å²) < 4.78 is 27.1. The Morgan fingerprint density at radius 2 is 1.84 bits per heavy atom. The third kappa shape index (κ3) is 4.00. The van der Waals surface area contributed by atoms with Gasteiger partial charge >= 0.3 is 5.97 Å². The fourth-order valence-electron chi connectivity index (χ4n) is 3.51. The summed E-state index contributed by atoms with van der Waals surface area (Å²) in [6.07, 6.45) is 6.42. The minimum atomic E-state index is -3.83. The van der Waals surface area contributed by atoms with Gasteiger partial charge in [-0.3, -0.25) is 9.52 Å². The number of carboxylic acid groups (broad SMARTS) is 1. The molecule has 0 radical (unpaired) electrons. The standard InChI is InChI=1S/C17H22N2O5S/c1-10-13(17(21)22)15(16(20)18-14(10)12-7-8-12)19-25(23,24)9-11-5-3-2-4-6-11/h11-12,19H,1-9H2,(H,21,22). The second-order valence-corrected chi connectivity index (χ2v) is 8.76. The van der Waals surface area contributed by atoms with E-state index in [1.54, 1.807) is 0 Å². The molecular weight excluding hydrogens is 344 g/mol. The van der Waals surface area contributed by atoms with Crippen LogP contribution in [-0.4, -0.2) is 36.9 Å². The van der Waals surface area contributed by atoms with Gasteiger partial charge in [-0.25, -0.2) is 18.2 Å². The van der Waals surface area contributed by atoms with Gasteiger partial charge in [-0.05, 0) is 31.6 Å². The summed E-state index contributed by atoms with van der Waals surface area (Å²) in [6, 6.07) is 0. The highest BCUT2D eigenvalue weighted by atomic mass is 32.2. The Morgan fingerprint density at radius 1 is 1.20 bits per heavy atom.